The third kappa shape index (κ3) is 4.21. The molecular weight excluding hydrogens is 370 g/mol. The number of hydrogen-bond donors (Lipinski definition) is 0. The topological polar surface area (TPSA) is 120 Å². The van der Waals surface area contributed by atoms with Crippen molar-refractivity contribution >= 4 is 21.5 Å². The van der Waals surface area contributed by atoms with E-state index in [2.05, 4.69) is 4.98 Å². The van der Waals surface area contributed by atoms with Crippen LogP contribution >= 0.6 is 0 Å². The van der Waals surface area contributed by atoms with Crippen LogP contribution in [0.3, 0.4) is 0 Å². The first-order valence-electron chi connectivity index (χ1n) is 8.23. The van der Waals surface area contributed by atoms with E-state index in [0.717, 1.165) is 5.56 Å². The number of rotatable bonds is 5. The van der Waals surface area contributed by atoms with Gasteiger partial charge in [0.25, 0.3) is 0 Å². The lowest BCUT2D eigenvalue weighted by molar-refractivity contribution is -0.385. The first kappa shape index (κ1) is 18.8. The molecule has 0 bridgehead atoms. The Morgan fingerprint density at radius 2 is 1.78 bits per heavy atom. The quantitative estimate of drug-likeness (QED) is 0.563. The molecular formula is C17H17N5O4S. The van der Waals surface area contributed by atoms with E-state index in [1.165, 1.54) is 16.4 Å². The zero-order valence-corrected chi connectivity index (χ0v) is 15.2. The molecule has 0 amide bonds. The lowest BCUT2D eigenvalue weighted by Gasteiger charge is -2.34. The predicted molar refractivity (Wildman–Crippen MR) is 98.5 cm³/mol. The number of nitriles is 1. The minimum atomic E-state index is -3.43. The molecule has 2 aromatic rings. The third-order valence-corrected chi connectivity index (χ3v) is 6.16. The van der Waals surface area contributed by atoms with Gasteiger partial charge < -0.3 is 4.90 Å². The van der Waals surface area contributed by atoms with Crippen LogP contribution in [0.2, 0.25) is 0 Å². The molecule has 0 saturated carbocycles. The Labute approximate surface area is 156 Å². The van der Waals surface area contributed by atoms with Crippen LogP contribution in [-0.2, 0) is 15.8 Å². The summed E-state index contributed by atoms with van der Waals surface area (Å²) in [6, 6.07) is 13.4. The second-order valence-corrected chi connectivity index (χ2v) is 8.00. The van der Waals surface area contributed by atoms with Gasteiger partial charge in [-0.15, -0.1) is 0 Å². The molecule has 140 valence electrons. The first-order chi connectivity index (χ1) is 12.9. The Kier molecular flexibility index (Phi) is 5.34. The van der Waals surface area contributed by atoms with Gasteiger partial charge in [-0.2, -0.15) is 9.57 Å². The zero-order valence-electron chi connectivity index (χ0n) is 14.4. The summed E-state index contributed by atoms with van der Waals surface area (Å²) in [5.41, 5.74) is 0.137. The maximum absolute atomic E-state index is 12.6. The number of hydrogen-bond acceptors (Lipinski definition) is 7. The summed E-state index contributed by atoms with van der Waals surface area (Å²) in [7, 11) is -3.43. The molecule has 27 heavy (non-hydrogen) atoms. The van der Waals surface area contributed by atoms with Crippen molar-refractivity contribution in [2.24, 2.45) is 0 Å². The van der Waals surface area contributed by atoms with E-state index in [4.69, 9.17) is 5.26 Å². The van der Waals surface area contributed by atoms with E-state index in [-0.39, 0.29) is 30.2 Å². The summed E-state index contributed by atoms with van der Waals surface area (Å²) in [6.07, 6.45) is 0. The minimum Gasteiger partial charge on any atom is -0.354 e. The van der Waals surface area contributed by atoms with Crippen LogP contribution < -0.4 is 4.90 Å². The number of nitrogens with zero attached hydrogens (tertiary/aromatic N) is 5. The molecule has 0 radical (unpaired) electrons. The average Bonchev–Trinajstić information content (AvgIpc) is 2.68. The second kappa shape index (κ2) is 7.69. The summed E-state index contributed by atoms with van der Waals surface area (Å²) in [6.45, 7) is 1.36. The number of benzene rings is 1. The third-order valence-electron chi connectivity index (χ3n) is 4.31. The number of pyridine rings is 1. The summed E-state index contributed by atoms with van der Waals surface area (Å²) < 4.78 is 26.6. The standard InChI is InChI=1S/C17H17N5O4S/c18-12-15-16(22(23)24)6-7-17(19-15)20-8-10-21(11-9-20)27(25,26)13-14-4-2-1-3-5-14/h1-7H,8-11,13H2. The zero-order chi connectivity index (χ0) is 19.4. The lowest BCUT2D eigenvalue weighted by atomic mass is 10.2. The van der Waals surface area contributed by atoms with Crippen LogP contribution in [0.25, 0.3) is 0 Å². The van der Waals surface area contributed by atoms with Gasteiger partial charge in [0.15, 0.2) is 0 Å². The van der Waals surface area contributed by atoms with Gasteiger partial charge in [-0.25, -0.2) is 13.4 Å². The Hall–Kier alpha value is -3.03. The van der Waals surface area contributed by atoms with Gasteiger partial charge in [0.1, 0.15) is 11.9 Å². The van der Waals surface area contributed by atoms with Crippen molar-refractivity contribution in [2.45, 2.75) is 5.75 Å². The fourth-order valence-corrected chi connectivity index (χ4v) is 4.43. The maximum Gasteiger partial charge on any atom is 0.305 e. The average molecular weight is 387 g/mol. The number of piperazine rings is 1. The molecule has 10 heteroatoms. The van der Waals surface area contributed by atoms with E-state index in [1.807, 2.05) is 11.0 Å². The van der Waals surface area contributed by atoms with Gasteiger partial charge in [-0.1, -0.05) is 30.3 Å². The van der Waals surface area contributed by atoms with Crippen LogP contribution in [0, 0.1) is 21.4 Å². The smallest absolute Gasteiger partial charge is 0.305 e. The summed E-state index contributed by atoms with van der Waals surface area (Å²) in [5.74, 6) is 0.375. The Morgan fingerprint density at radius 3 is 2.37 bits per heavy atom. The molecule has 0 N–H and O–H groups in total. The maximum atomic E-state index is 12.6. The minimum absolute atomic E-state index is 0.0534. The molecule has 1 aliphatic rings. The van der Waals surface area contributed by atoms with Crippen LogP contribution in [0.4, 0.5) is 11.5 Å². The van der Waals surface area contributed by atoms with Gasteiger partial charge in [-0.05, 0) is 11.6 Å². The van der Waals surface area contributed by atoms with Crippen molar-refractivity contribution in [1.82, 2.24) is 9.29 Å². The van der Waals surface area contributed by atoms with Crippen molar-refractivity contribution in [3.8, 4) is 6.07 Å². The van der Waals surface area contributed by atoms with Crippen molar-refractivity contribution in [3.63, 3.8) is 0 Å². The van der Waals surface area contributed by atoms with Gasteiger partial charge >= 0.3 is 5.69 Å². The van der Waals surface area contributed by atoms with Gasteiger partial charge in [0.2, 0.25) is 15.7 Å². The fraction of sp³-hybridized carbons (Fsp3) is 0.294. The highest BCUT2D eigenvalue weighted by molar-refractivity contribution is 7.88. The van der Waals surface area contributed by atoms with Crippen molar-refractivity contribution in [2.75, 3.05) is 31.1 Å². The highest BCUT2D eigenvalue weighted by Gasteiger charge is 2.28. The number of anilines is 1. The Morgan fingerprint density at radius 1 is 1.11 bits per heavy atom. The van der Waals surface area contributed by atoms with Gasteiger partial charge in [0, 0.05) is 32.2 Å². The van der Waals surface area contributed by atoms with E-state index in [9.17, 15) is 18.5 Å². The molecule has 1 aromatic heterocycles. The van der Waals surface area contributed by atoms with E-state index in [0.29, 0.717) is 18.9 Å². The molecule has 1 fully saturated rings. The molecule has 1 aromatic carbocycles. The Bertz CT molecular complexity index is 980. The largest absolute Gasteiger partial charge is 0.354 e. The van der Waals surface area contributed by atoms with Gasteiger partial charge in [-0.3, -0.25) is 10.1 Å². The molecule has 1 saturated heterocycles. The SMILES string of the molecule is N#Cc1nc(N2CCN(S(=O)(=O)Cc3ccccc3)CC2)ccc1[N+](=O)[O-]. The summed E-state index contributed by atoms with van der Waals surface area (Å²) in [4.78, 5) is 16.1. The lowest BCUT2D eigenvalue weighted by Crippen LogP contribution is -2.49. The van der Waals surface area contributed by atoms with E-state index < -0.39 is 14.9 Å². The number of sulfonamides is 1. The monoisotopic (exact) mass is 387 g/mol. The highest BCUT2D eigenvalue weighted by atomic mass is 32.2. The van der Waals surface area contributed by atoms with Crippen LogP contribution in [-0.4, -0.2) is 48.8 Å². The molecule has 0 aliphatic carbocycles. The van der Waals surface area contributed by atoms with Crippen LogP contribution in [0.1, 0.15) is 11.3 Å². The van der Waals surface area contributed by atoms with E-state index in [1.54, 1.807) is 30.3 Å². The highest BCUT2D eigenvalue weighted by Crippen LogP contribution is 2.22. The molecule has 1 aliphatic heterocycles. The number of aromatic nitrogens is 1. The molecule has 3 rings (SSSR count). The summed E-state index contributed by atoms with van der Waals surface area (Å²) in [5, 5.41) is 20.0. The van der Waals surface area contributed by atoms with E-state index >= 15 is 0 Å². The molecule has 9 nitrogen and oxygen atoms in total. The van der Waals surface area contributed by atoms with Gasteiger partial charge in [0.05, 0.1) is 10.7 Å². The molecule has 0 unspecified atom stereocenters. The number of nitro groups is 1. The van der Waals surface area contributed by atoms with Crippen molar-refractivity contribution < 1.29 is 13.3 Å². The molecule has 0 spiro atoms. The first-order valence-corrected chi connectivity index (χ1v) is 9.84. The fourth-order valence-electron chi connectivity index (χ4n) is 2.92. The second-order valence-electron chi connectivity index (χ2n) is 6.03. The summed E-state index contributed by atoms with van der Waals surface area (Å²) >= 11 is 0. The Balaban J connectivity index is 1.68. The predicted octanol–water partition coefficient (Wildman–Crippen LogP) is 1.51. The van der Waals surface area contributed by atoms with Crippen molar-refractivity contribution in [1.29, 1.82) is 5.26 Å². The van der Waals surface area contributed by atoms with Crippen molar-refractivity contribution in [3.05, 3.63) is 63.8 Å². The molecule has 2 heterocycles. The van der Waals surface area contributed by atoms with Crippen LogP contribution in [0.5, 0.6) is 0 Å². The molecule has 0 atom stereocenters. The van der Waals surface area contributed by atoms with Crippen LogP contribution in [0.15, 0.2) is 42.5 Å². The normalized spacial score (nSPS) is 15.3.